The highest BCUT2D eigenvalue weighted by atomic mass is 16.5. The van der Waals surface area contributed by atoms with Crippen LogP contribution >= 0.6 is 0 Å². The predicted octanol–water partition coefficient (Wildman–Crippen LogP) is 2.77. The zero-order valence-corrected chi connectivity index (χ0v) is 12.1. The molecule has 0 unspecified atom stereocenters. The number of rotatable bonds is 6. The molecule has 1 aromatic heterocycles. The number of nitrogens with zero attached hydrogens (tertiary/aromatic N) is 1. The van der Waals surface area contributed by atoms with Gasteiger partial charge >= 0.3 is 0 Å². The maximum atomic E-state index is 12.4. The molecule has 0 radical (unpaired) electrons. The summed E-state index contributed by atoms with van der Waals surface area (Å²) in [6.45, 7) is 4.95. The SMILES string of the molecule is CCOc1ccc(NC(=O)C2(OCC)CCCC2)cn1. The van der Waals surface area contributed by atoms with Gasteiger partial charge in [-0.1, -0.05) is 0 Å². The highest BCUT2D eigenvalue weighted by Gasteiger charge is 2.41. The third kappa shape index (κ3) is 3.28. The molecule has 5 heteroatoms. The Bertz CT molecular complexity index is 439. The van der Waals surface area contributed by atoms with E-state index in [-0.39, 0.29) is 5.91 Å². The van der Waals surface area contributed by atoms with E-state index in [9.17, 15) is 4.79 Å². The van der Waals surface area contributed by atoms with Gasteiger partial charge in [-0.3, -0.25) is 4.79 Å². The van der Waals surface area contributed by atoms with E-state index in [1.165, 1.54) is 0 Å². The molecular weight excluding hydrogens is 256 g/mol. The molecule has 2 rings (SSSR count). The first kappa shape index (κ1) is 14.8. The maximum Gasteiger partial charge on any atom is 0.256 e. The van der Waals surface area contributed by atoms with E-state index < -0.39 is 5.60 Å². The number of hydrogen-bond donors (Lipinski definition) is 1. The van der Waals surface area contributed by atoms with E-state index in [1.807, 2.05) is 13.8 Å². The van der Waals surface area contributed by atoms with Crippen molar-refractivity contribution >= 4 is 11.6 Å². The van der Waals surface area contributed by atoms with Crippen molar-refractivity contribution in [3.05, 3.63) is 18.3 Å². The number of pyridine rings is 1. The molecule has 1 heterocycles. The second-order valence-corrected chi connectivity index (χ2v) is 4.91. The Morgan fingerprint density at radius 2 is 2.05 bits per heavy atom. The minimum atomic E-state index is -0.659. The fraction of sp³-hybridized carbons (Fsp3) is 0.600. The van der Waals surface area contributed by atoms with Crippen molar-refractivity contribution in [3.63, 3.8) is 0 Å². The Morgan fingerprint density at radius 3 is 2.60 bits per heavy atom. The van der Waals surface area contributed by atoms with Gasteiger partial charge in [-0.25, -0.2) is 4.98 Å². The zero-order chi connectivity index (χ0) is 14.4. The Kier molecular flexibility index (Phi) is 4.95. The molecule has 1 aliphatic carbocycles. The molecule has 0 bridgehead atoms. The average Bonchev–Trinajstić information content (AvgIpc) is 2.92. The monoisotopic (exact) mass is 278 g/mol. The van der Waals surface area contributed by atoms with Crippen molar-refractivity contribution in [3.8, 4) is 5.88 Å². The van der Waals surface area contributed by atoms with Crippen molar-refractivity contribution in [2.75, 3.05) is 18.5 Å². The van der Waals surface area contributed by atoms with Crippen LogP contribution < -0.4 is 10.1 Å². The molecule has 20 heavy (non-hydrogen) atoms. The molecule has 0 aliphatic heterocycles. The number of carbonyl (C=O) groups is 1. The van der Waals surface area contributed by atoms with Gasteiger partial charge in [0, 0.05) is 12.7 Å². The van der Waals surface area contributed by atoms with Crippen molar-refractivity contribution in [1.82, 2.24) is 4.98 Å². The lowest BCUT2D eigenvalue weighted by Gasteiger charge is -2.27. The lowest BCUT2D eigenvalue weighted by atomic mass is 10.0. The van der Waals surface area contributed by atoms with Crippen LogP contribution in [0.15, 0.2) is 18.3 Å². The predicted molar refractivity (Wildman–Crippen MR) is 76.9 cm³/mol. The molecule has 1 fully saturated rings. The van der Waals surface area contributed by atoms with Gasteiger partial charge in [0.15, 0.2) is 0 Å². The lowest BCUT2D eigenvalue weighted by molar-refractivity contribution is -0.140. The van der Waals surface area contributed by atoms with Gasteiger partial charge in [-0.2, -0.15) is 0 Å². The van der Waals surface area contributed by atoms with Gasteiger partial charge in [0.25, 0.3) is 5.91 Å². The Labute approximate surface area is 119 Å². The highest BCUT2D eigenvalue weighted by Crippen LogP contribution is 2.34. The largest absolute Gasteiger partial charge is 0.478 e. The van der Waals surface area contributed by atoms with Gasteiger partial charge in [0.05, 0.1) is 18.5 Å². The molecule has 5 nitrogen and oxygen atoms in total. The molecule has 1 aliphatic rings. The highest BCUT2D eigenvalue weighted by molar-refractivity contribution is 5.97. The summed E-state index contributed by atoms with van der Waals surface area (Å²) in [6.07, 6.45) is 5.26. The zero-order valence-electron chi connectivity index (χ0n) is 12.1. The van der Waals surface area contributed by atoms with Crippen LogP contribution in [0.5, 0.6) is 5.88 Å². The van der Waals surface area contributed by atoms with E-state index in [2.05, 4.69) is 10.3 Å². The van der Waals surface area contributed by atoms with Crippen LogP contribution in [0.4, 0.5) is 5.69 Å². The molecule has 1 saturated carbocycles. The number of nitrogens with one attached hydrogen (secondary N) is 1. The second-order valence-electron chi connectivity index (χ2n) is 4.91. The van der Waals surface area contributed by atoms with Gasteiger partial charge in [-0.15, -0.1) is 0 Å². The molecule has 1 N–H and O–H groups in total. The summed E-state index contributed by atoms with van der Waals surface area (Å²) in [4.78, 5) is 16.6. The normalized spacial score (nSPS) is 16.9. The van der Waals surface area contributed by atoms with Crippen molar-refractivity contribution in [1.29, 1.82) is 0 Å². The minimum Gasteiger partial charge on any atom is -0.478 e. The second kappa shape index (κ2) is 6.70. The Balaban J connectivity index is 2.02. The first-order valence-corrected chi connectivity index (χ1v) is 7.24. The van der Waals surface area contributed by atoms with Crippen molar-refractivity contribution < 1.29 is 14.3 Å². The molecule has 1 amide bonds. The summed E-state index contributed by atoms with van der Waals surface area (Å²) in [7, 11) is 0. The third-order valence-corrected chi connectivity index (χ3v) is 3.53. The molecule has 0 spiro atoms. The van der Waals surface area contributed by atoms with Crippen LogP contribution in [0.1, 0.15) is 39.5 Å². The minimum absolute atomic E-state index is 0.0668. The van der Waals surface area contributed by atoms with Crippen LogP contribution in [0.2, 0.25) is 0 Å². The fourth-order valence-electron chi connectivity index (χ4n) is 2.59. The summed E-state index contributed by atoms with van der Waals surface area (Å²) in [5.41, 5.74) is 0.0114. The maximum absolute atomic E-state index is 12.4. The Hall–Kier alpha value is -1.62. The number of aromatic nitrogens is 1. The van der Waals surface area contributed by atoms with Crippen molar-refractivity contribution in [2.45, 2.75) is 45.1 Å². The topological polar surface area (TPSA) is 60.5 Å². The molecule has 0 saturated heterocycles. The summed E-state index contributed by atoms with van der Waals surface area (Å²) in [6, 6.07) is 3.55. The van der Waals surface area contributed by atoms with Crippen LogP contribution in [0.25, 0.3) is 0 Å². The third-order valence-electron chi connectivity index (χ3n) is 3.53. The van der Waals surface area contributed by atoms with E-state index >= 15 is 0 Å². The average molecular weight is 278 g/mol. The molecule has 110 valence electrons. The fourth-order valence-corrected chi connectivity index (χ4v) is 2.59. The number of hydrogen-bond acceptors (Lipinski definition) is 4. The number of anilines is 1. The quantitative estimate of drug-likeness (QED) is 0.869. The first-order chi connectivity index (χ1) is 9.70. The van der Waals surface area contributed by atoms with E-state index in [0.29, 0.717) is 24.8 Å². The van der Waals surface area contributed by atoms with Gasteiger partial charge in [0.2, 0.25) is 5.88 Å². The summed E-state index contributed by atoms with van der Waals surface area (Å²) in [5.74, 6) is 0.494. The van der Waals surface area contributed by atoms with Gasteiger partial charge in [0.1, 0.15) is 5.60 Å². The van der Waals surface area contributed by atoms with Crippen LogP contribution in [0.3, 0.4) is 0 Å². The standard InChI is InChI=1S/C15H22N2O3/c1-3-19-13-8-7-12(11-16-13)17-14(18)15(20-4-2)9-5-6-10-15/h7-8,11H,3-6,9-10H2,1-2H3,(H,17,18). The van der Waals surface area contributed by atoms with E-state index in [1.54, 1.807) is 18.3 Å². The van der Waals surface area contributed by atoms with Crippen LogP contribution in [-0.4, -0.2) is 29.7 Å². The molecular formula is C15H22N2O3. The van der Waals surface area contributed by atoms with Crippen LogP contribution in [0, 0.1) is 0 Å². The summed E-state index contributed by atoms with van der Waals surface area (Å²) in [5, 5.41) is 2.90. The number of carbonyl (C=O) groups excluding carboxylic acids is 1. The number of ether oxygens (including phenoxy) is 2. The molecule has 0 aromatic carbocycles. The van der Waals surface area contributed by atoms with E-state index in [0.717, 1.165) is 25.7 Å². The Morgan fingerprint density at radius 1 is 1.30 bits per heavy atom. The van der Waals surface area contributed by atoms with Crippen molar-refractivity contribution in [2.24, 2.45) is 0 Å². The summed E-state index contributed by atoms with van der Waals surface area (Å²) < 4.78 is 11.0. The molecule has 0 atom stereocenters. The number of amides is 1. The van der Waals surface area contributed by atoms with Gasteiger partial charge < -0.3 is 14.8 Å². The summed E-state index contributed by atoms with van der Waals surface area (Å²) >= 11 is 0. The van der Waals surface area contributed by atoms with Gasteiger partial charge in [-0.05, 0) is 45.6 Å². The van der Waals surface area contributed by atoms with E-state index in [4.69, 9.17) is 9.47 Å². The first-order valence-electron chi connectivity index (χ1n) is 7.24. The van der Waals surface area contributed by atoms with Crippen LogP contribution in [-0.2, 0) is 9.53 Å². The smallest absolute Gasteiger partial charge is 0.256 e. The lowest BCUT2D eigenvalue weighted by Crippen LogP contribution is -2.43. The molecule has 1 aromatic rings.